The van der Waals surface area contributed by atoms with E-state index in [0.29, 0.717) is 0 Å². The normalized spacial score (nSPS) is 39.0. The van der Waals surface area contributed by atoms with Crippen molar-refractivity contribution in [1.82, 2.24) is 0 Å². The predicted molar refractivity (Wildman–Crippen MR) is 42.8 cm³/mol. The summed E-state index contributed by atoms with van der Waals surface area (Å²) in [7, 11) is 0. The molecule has 0 amide bonds. The fraction of sp³-hybridized carbons (Fsp3) is 0.500. The Bertz CT molecular complexity index is 191. The highest BCUT2D eigenvalue weighted by atomic mass is 32.1. The van der Waals surface area contributed by atoms with Gasteiger partial charge in [-0.05, 0) is 24.8 Å². The Labute approximate surface area is 61.1 Å². The first-order chi connectivity index (χ1) is 4.31. The molecule has 0 saturated carbocycles. The van der Waals surface area contributed by atoms with Gasteiger partial charge in [-0.25, -0.2) is 0 Å². The van der Waals surface area contributed by atoms with Crippen LogP contribution in [0.25, 0.3) is 0 Å². The van der Waals surface area contributed by atoms with E-state index < -0.39 is 0 Å². The van der Waals surface area contributed by atoms with Crippen LogP contribution in [0.15, 0.2) is 23.8 Å². The minimum atomic E-state index is 0.250. The Balaban J connectivity index is 2.39. The van der Waals surface area contributed by atoms with Crippen LogP contribution in [0.1, 0.15) is 19.3 Å². The molecule has 1 unspecified atom stereocenters. The lowest BCUT2D eigenvalue weighted by Gasteiger charge is -2.18. The third-order valence-electron chi connectivity index (χ3n) is 2.21. The summed E-state index contributed by atoms with van der Waals surface area (Å²) in [4.78, 5) is 0. The lowest BCUT2D eigenvalue weighted by Crippen LogP contribution is -2.14. The minimum absolute atomic E-state index is 0.250. The standard InChI is InChI=1S/C8H10S/c9-8-5-1-3-7(8)4-2-6-8/h1,3-4,9H,2,5-6H2. The van der Waals surface area contributed by atoms with Crippen LogP contribution >= 0.6 is 12.6 Å². The molecule has 0 aromatic carbocycles. The van der Waals surface area contributed by atoms with E-state index in [0.717, 1.165) is 6.42 Å². The van der Waals surface area contributed by atoms with E-state index in [1.54, 1.807) is 0 Å². The zero-order chi connectivity index (χ0) is 6.32. The van der Waals surface area contributed by atoms with Crippen molar-refractivity contribution in [1.29, 1.82) is 0 Å². The van der Waals surface area contributed by atoms with Gasteiger partial charge in [0.05, 0.1) is 0 Å². The van der Waals surface area contributed by atoms with Crippen molar-refractivity contribution in [2.75, 3.05) is 0 Å². The Morgan fingerprint density at radius 3 is 3.22 bits per heavy atom. The second kappa shape index (κ2) is 1.66. The molecule has 0 aliphatic heterocycles. The van der Waals surface area contributed by atoms with E-state index in [1.807, 2.05) is 0 Å². The van der Waals surface area contributed by atoms with Gasteiger partial charge in [0.25, 0.3) is 0 Å². The van der Waals surface area contributed by atoms with E-state index in [-0.39, 0.29) is 4.75 Å². The van der Waals surface area contributed by atoms with Gasteiger partial charge in [-0.1, -0.05) is 18.2 Å². The van der Waals surface area contributed by atoms with E-state index >= 15 is 0 Å². The first-order valence-electron chi connectivity index (χ1n) is 3.41. The molecule has 0 bridgehead atoms. The molecule has 0 N–H and O–H groups in total. The van der Waals surface area contributed by atoms with Gasteiger partial charge in [0, 0.05) is 4.75 Å². The summed E-state index contributed by atoms with van der Waals surface area (Å²) in [6, 6.07) is 0. The van der Waals surface area contributed by atoms with Crippen molar-refractivity contribution < 1.29 is 0 Å². The van der Waals surface area contributed by atoms with Crippen molar-refractivity contribution in [2.45, 2.75) is 24.0 Å². The maximum atomic E-state index is 4.61. The molecule has 2 rings (SSSR count). The van der Waals surface area contributed by atoms with Crippen molar-refractivity contribution in [3.05, 3.63) is 23.8 Å². The Morgan fingerprint density at radius 2 is 2.44 bits per heavy atom. The molecule has 1 atom stereocenters. The number of rotatable bonds is 0. The monoisotopic (exact) mass is 138 g/mol. The van der Waals surface area contributed by atoms with Crippen LogP contribution in [0.5, 0.6) is 0 Å². The molecule has 0 saturated heterocycles. The molecular formula is C8H10S. The van der Waals surface area contributed by atoms with Crippen molar-refractivity contribution >= 4 is 12.6 Å². The minimum Gasteiger partial charge on any atom is -0.167 e. The molecule has 2 aliphatic rings. The van der Waals surface area contributed by atoms with Gasteiger partial charge in [0.15, 0.2) is 0 Å². The first-order valence-corrected chi connectivity index (χ1v) is 3.86. The summed E-state index contributed by atoms with van der Waals surface area (Å²) in [5, 5.41) is 0. The summed E-state index contributed by atoms with van der Waals surface area (Å²) in [6.07, 6.45) is 10.3. The molecule has 0 nitrogen and oxygen atoms in total. The van der Waals surface area contributed by atoms with E-state index in [2.05, 4.69) is 30.9 Å². The van der Waals surface area contributed by atoms with E-state index in [4.69, 9.17) is 0 Å². The molecule has 48 valence electrons. The third kappa shape index (κ3) is 0.677. The second-order valence-corrected chi connectivity index (χ2v) is 3.69. The zero-order valence-corrected chi connectivity index (χ0v) is 6.20. The van der Waals surface area contributed by atoms with Gasteiger partial charge in [-0.2, -0.15) is 12.6 Å². The number of allylic oxidation sites excluding steroid dienone is 3. The predicted octanol–water partition coefficient (Wildman–Crippen LogP) is 2.34. The molecule has 0 fully saturated rings. The van der Waals surface area contributed by atoms with Gasteiger partial charge in [-0.3, -0.25) is 0 Å². The lowest BCUT2D eigenvalue weighted by molar-refractivity contribution is 0.704. The molecular weight excluding hydrogens is 128 g/mol. The summed E-state index contributed by atoms with van der Waals surface area (Å²) < 4.78 is 0.250. The van der Waals surface area contributed by atoms with Gasteiger partial charge in [-0.15, -0.1) is 0 Å². The quantitative estimate of drug-likeness (QED) is 0.488. The van der Waals surface area contributed by atoms with Gasteiger partial charge >= 0.3 is 0 Å². The maximum Gasteiger partial charge on any atom is 0.0412 e. The van der Waals surface area contributed by atoms with Crippen LogP contribution in [0.2, 0.25) is 0 Å². The van der Waals surface area contributed by atoms with Crippen LogP contribution in [-0.4, -0.2) is 4.75 Å². The summed E-state index contributed by atoms with van der Waals surface area (Å²) >= 11 is 4.61. The van der Waals surface area contributed by atoms with Crippen molar-refractivity contribution in [3.63, 3.8) is 0 Å². The molecule has 1 heteroatoms. The number of thiol groups is 1. The second-order valence-electron chi connectivity index (χ2n) is 2.84. The highest BCUT2D eigenvalue weighted by Gasteiger charge is 2.33. The Morgan fingerprint density at radius 1 is 1.56 bits per heavy atom. The maximum absolute atomic E-state index is 4.61. The van der Waals surface area contributed by atoms with Crippen LogP contribution in [0, 0.1) is 0 Å². The number of hydrogen-bond donors (Lipinski definition) is 1. The third-order valence-corrected chi connectivity index (χ3v) is 2.88. The van der Waals surface area contributed by atoms with Crippen LogP contribution in [0.4, 0.5) is 0 Å². The molecule has 0 radical (unpaired) electrons. The van der Waals surface area contributed by atoms with Gasteiger partial charge < -0.3 is 0 Å². The number of fused-ring (bicyclic) bond motifs is 1. The van der Waals surface area contributed by atoms with E-state index in [9.17, 15) is 0 Å². The zero-order valence-electron chi connectivity index (χ0n) is 5.30. The average molecular weight is 138 g/mol. The highest BCUT2D eigenvalue weighted by molar-refractivity contribution is 7.82. The van der Waals surface area contributed by atoms with Crippen molar-refractivity contribution in [3.8, 4) is 0 Å². The Kier molecular flexibility index (Phi) is 1.03. The molecule has 2 aliphatic carbocycles. The Hall–Kier alpha value is -0.170. The summed E-state index contributed by atoms with van der Waals surface area (Å²) in [6.45, 7) is 0. The van der Waals surface area contributed by atoms with Gasteiger partial charge in [0.2, 0.25) is 0 Å². The van der Waals surface area contributed by atoms with Crippen molar-refractivity contribution in [2.24, 2.45) is 0 Å². The summed E-state index contributed by atoms with van der Waals surface area (Å²) in [5.41, 5.74) is 1.45. The van der Waals surface area contributed by atoms with Crippen LogP contribution < -0.4 is 0 Å². The van der Waals surface area contributed by atoms with Crippen LogP contribution in [-0.2, 0) is 0 Å². The fourth-order valence-electron chi connectivity index (χ4n) is 1.62. The number of hydrogen-bond acceptors (Lipinski definition) is 1. The SMILES string of the molecule is SC12CC=CC1=CCC2. The molecule has 0 aromatic rings. The van der Waals surface area contributed by atoms with E-state index in [1.165, 1.54) is 18.4 Å². The highest BCUT2D eigenvalue weighted by Crippen LogP contribution is 2.43. The fourth-order valence-corrected chi connectivity index (χ4v) is 2.03. The first kappa shape index (κ1) is 5.60. The smallest absolute Gasteiger partial charge is 0.0412 e. The molecule has 0 aromatic heterocycles. The lowest BCUT2D eigenvalue weighted by atomic mass is 10.0. The van der Waals surface area contributed by atoms with Crippen LogP contribution in [0.3, 0.4) is 0 Å². The molecule has 0 spiro atoms. The topological polar surface area (TPSA) is 0 Å². The van der Waals surface area contributed by atoms with Gasteiger partial charge in [0.1, 0.15) is 0 Å². The average Bonchev–Trinajstić information content (AvgIpc) is 2.22. The molecule has 0 heterocycles. The summed E-state index contributed by atoms with van der Waals surface area (Å²) in [5.74, 6) is 0. The molecule has 9 heavy (non-hydrogen) atoms. The largest absolute Gasteiger partial charge is 0.167 e.